The van der Waals surface area contributed by atoms with E-state index in [0.29, 0.717) is 11.9 Å². The van der Waals surface area contributed by atoms with Crippen LogP contribution < -0.4 is 5.32 Å². The smallest absolute Gasteiger partial charge is 0.177 e. The van der Waals surface area contributed by atoms with E-state index in [2.05, 4.69) is 25.6 Å². The van der Waals surface area contributed by atoms with Crippen molar-refractivity contribution in [2.75, 3.05) is 0 Å². The molecule has 0 spiro atoms. The molecule has 6 heteroatoms. The summed E-state index contributed by atoms with van der Waals surface area (Å²) in [5, 5.41) is 15.4. The molecule has 82 valence electrons. The summed E-state index contributed by atoms with van der Waals surface area (Å²) in [6.45, 7) is 0.723. The summed E-state index contributed by atoms with van der Waals surface area (Å²) < 4.78 is 1.71. The van der Waals surface area contributed by atoms with Crippen LogP contribution in [0.25, 0.3) is 5.82 Å². The lowest BCUT2D eigenvalue weighted by Gasteiger charge is -2.04. The average molecular weight is 216 g/mol. The number of rotatable bonds is 4. The lowest BCUT2D eigenvalue weighted by Crippen LogP contribution is -2.19. The van der Waals surface area contributed by atoms with Crippen LogP contribution in [0, 0.1) is 0 Å². The average Bonchev–Trinajstić information content (AvgIpc) is 3.05. The summed E-state index contributed by atoms with van der Waals surface area (Å²) in [7, 11) is 0. The van der Waals surface area contributed by atoms with Gasteiger partial charge in [-0.25, -0.2) is 4.98 Å². The lowest BCUT2D eigenvalue weighted by molar-refractivity contribution is 0.631. The number of hydrogen-bond acceptors (Lipinski definition) is 5. The molecule has 6 nitrogen and oxygen atoms in total. The van der Waals surface area contributed by atoms with E-state index < -0.39 is 0 Å². The molecular formula is C10H12N6. The van der Waals surface area contributed by atoms with Crippen LogP contribution in [0.3, 0.4) is 0 Å². The van der Waals surface area contributed by atoms with Crippen molar-refractivity contribution in [2.45, 2.75) is 25.4 Å². The molecule has 0 amide bonds. The SMILES string of the molecule is c1cnnc(-n2ncnc2CNC2CC2)c1. The van der Waals surface area contributed by atoms with Gasteiger partial charge < -0.3 is 5.32 Å². The third-order valence-electron chi connectivity index (χ3n) is 2.52. The van der Waals surface area contributed by atoms with Crippen LogP contribution in [0.1, 0.15) is 18.7 Å². The predicted molar refractivity (Wildman–Crippen MR) is 56.8 cm³/mol. The molecule has 2 heterocycles. The van der Waals surface area contributed by atoms with Gasteiger partial charge >= 0.3 is 0 Å². The van der Waals surface area contributed by atoms with Gasteiger partial charge in [-0.1, -0.05) is 0 Å². The zero-order valence-electron chi connectivity index (χ0n) is 8.74. The van der Waals surface area contributed by atoms with Crippen LogP contribution in [0.2, 0.25) is 0 Å². The monoisotopic (exact) mass is 216 g/mol. The molecule has 2 aromatic rings. The first kappa shape index (κ1) is 9.41. The van der Waals surface area contributed by atoms with E-state index in [9.17, 15) is 0 Å². The second-order valence-corrected chi connectivity index (χ2v) is 3.83. The fourth-order valence-electron chi connectivity index (χ4n) is 1.51. The van der Waals surface area contributed by atoms with Crippen LogP contribution in [0.5, 0.6) is 0 Å². The summed E-state index contributed by atoms with van der Waals surface area (Å²) in [6.07, 6.45) is 5.71. The molecule has 1 fully saturated rings. The van der Waals surface area contributed by atoms with E-state index in [-0.39, 0.29) is 0 Å². The molecule has 1 saturated carbocycles. The Kier molecular flexibility index (Phi) is 2.34. The minimum Gasteiger partial charge on any atom is -0.307 e. The number of hydrogen-bond donors (Lipinski definition) is 1. The molecule has 0 saturated heterocycles. The van der Waals surface area contributed by atoms with Crippen LogP contribution in [-0.2, 0) is 6.54 Å². The molecule has 0 radical (unpaired) electrons. The number of nitrogens with zero attached hydrogens (tertiary/aromatic N) is 5. The van der Waals surface area contributed by atoms with Crippen molar-refractivity contribution in [2.24, 2.45) is 0 Å². The van der Waals surface area contributed by atoms with Crippen molar-refractivity contribution in [1.29, 1.82) is 0 Å². The first-order valence-corrected chi connectivity index (χ1v) is 5.34. The van der Waals surface area contributed by atoms with Gasteiger partial charge in [-0.05, 0) is 25.0 Å². The van der Waals surface area contributed by atoms with E-state index in [1.807, 2.05) is 12.1 Å². The second-order valence-electron chi connectivity index (χ2n) is 3.83. The maximum absolute atomic E-state index is 4.21. The molecule has 0 atom stereocenters. The Bertz CT molecular complexity index is 461. The first-order valence-electron chi connectivity index (χ1n) is 5.34. The maximum Gasteiger partial charge on any atom is 0.177 e. The Morgan fingerprint density at radius 2 is 2.38 bits per heavy atom. The predicted octanol–water partition coefficient (Wildman–Crippen LogP) is 0.309. The van der Waals surface area contributed by atoms with Gasteiger partial charge in [0.25, 0.3) is 0 Å². The highest BCUT2D eigenvalue weighted by atomic mass is 15.4. The molecule has 0 aliphatic heterocycles. The summed E-state index contributed by atoms with van der Waals surface area (Å²) in [6, 6.07) is 4.36. The zero-order valence-corrected chi connectivity index (χ0v) is 8.74. The Morgan fingerprint density at radius 3 is 3.12 bits per heavy atom. The Hall–Kier alpha value is -1.82. The fraction of sp³-hybridized carbons (Fsp3) is 0.400. The van der Waals surface area contributed by atoms with Crippen LogP contribution in [0.4, 0.5) is 0 Å². The van der Waals surface area contributed by atoms with Crippen LogP contribution in [-0.4, -0.2) is 31.0 Å². The Labute approximate surface area is 92.7 Å². The molecule has 1 aliphatic carbocycles. The van der Waals surface area contributed by atoms with Gasteiger partial charge in [-0.3, -0.25) is 0 Å². The molecule has 0 aromatic carbocycles. The summed E-state index contributed by atoms with van der Waals surface area (Å²) in [5.74, 6) is 1.57. The highest BCUT2D eigenvalue weighted by Crippen LogP contribution is 2.19. The Morgan fingerprint density at radius 1 is 1.44 bits per heavy atom. The molecule has 3 rings (SSSR count). The largest absolute Gasteiger partial charge is 0.307 e. The summed E-state index contributed by atoms with van der Waals surface area (Å²) in [4.78, 5) is 4.21. The fourth-order valence-corrected chi connectivity index (χ4v) is 1.51. The lowest BCUT2D eigenvalue weighted by atomic mass is 10.5. The number of aromatic nitrogens is 5. The van der Waals surface area contributed by atoms with Crippen LogP contribution >= 0.6 is 0 Å². The standard InChI is InChI=1S/C10H12N6/c1-2-9(15-13-5-1)16-10(12-7-14-16)6-11-8-3-4-8/h1-2,5,7-8,11H,3-4,6H2. The third-order valence-corrected chi connectivity index (χ3v) is 2.52. The van der Waals surface area contributed by atoms with E-state index in [1.54, 1.807) is 17.2 Å². The molecule has 16 heavy (non-hydrogen) atoms. The van der Waals surface area contributed by atoms with Crippen molar-refractivity contribution in [3.63, 3.8) is 0 Å². The third kappa shape index (κ3) is 1.92. The van der Waals surface area contributed by atoms with Crippen molar-refractivity contribution in [3.05, 3.63) is 30.5 Å². The minimum absolute atomic E-state index is 0.659. The highest BCUT2D eigenvalue weighted by Gasteiger charge is 2.21. The molecule has 0 bridgehead atoms. The first-order chi connectivity index (χ1) is 7.93. The topological polar surface area (TPSA) is 68.5 Å². The van der Waals surface area contributed by atoms with Gasteiger partial charge in [-0.2, -0.15) is 14.9 Å². The highest BCUT2D eigenvalue weighted by molar-refractivity contribution is 5.18. The van der Waals surface area contributed by atoms with Crippen molar-refractivity contribution >= 4 is 0 Å². The molecule has 0 unspecified atom stereocenters. The summed E-state index contributed by atoms with van der Waals surface area (Å²) in [5.41, 5.74) is 0. The number of nitrogens with one attached hydrogen (secondary N) is 1. The van der Waals surface area contributed by atoms with Gasteiger partial charge in [-0.15, -0.1) is 5.10 Å². The van der Waals surface area contributed by atoms with E-state index in [0.717, 1.165) is 12.4 Å². The quantitative estimate of drug-likeness (QED) is 0.796. The van der Waals surface area contributed by atoms with Gasteiger partial charge in [0.1, 0.15) is 12.2 Å². The van der Waals surface area contributed by atoms with E-state index in [4.69, 9.17) is 0 Å². The van der Waals surface area contributed by atoms with E-state index in [1.165, 1.54) is 12.8 Å². The molecule has 2 aromatic heterocycles. The second kappa shape index (κ2) is 3.97. The zero-order chi connectivity index (χ0) is 10.8. The van der Waals surface area contributed by atoms with Gasteiger partial charge in [0.15, 0.2) is 5.82 Å². The van der Waals surface area contributed by atoms with Crippen molar-refractivity contribution in [1.82, 2.24) is 30.3 Å². The molecule has 1 N–H and O–H groups in total. The van der Waals surface area contributed by atoms with Crippen LogP contribution in [0.15, 0.2) is 24.7 Å². The Balaban J connectivity index is 1.81. The molecular weight excluding hydrogens is 204 g/mol. The minimum atomic E-state index is 0.659. The maximum atomic E-state index is 4.21. The van der Waals surface area contributed by atoms with Crippen molar-refractivity contribution < 1.29 is 0 Å². The van der Waals surface area contributed by atoms with E-state index >= 15 is 0 Å². The van der Waals surface area contributed by atoms with Gasteiger partial charge in [0.05, 0.1) is 6.54 Å². The normalized spacial score (nSPS) is 15.2. The summed E-state index contributed by atoms with van der Waals surface area (Å²) >= 11 is 0. The van der Waals surface area contributed by atoms with Gasteiger partial charge in [0, 0.05) is 12.2 Å². The van der Waals surface area contributed by atoms with Crippen molar-refractivity contribution in [3.8, 4) is 5.82 Å². The van der Waals surface area contributed by atoms with Gasteiger partial charge in [0.2, 0.25) is 0 Å². The molecule has 1 aliphatic rings.